The molecular formula is C17H22N4O3S. The molecule has 25 heavy (non-hydrogen) atoms. The van der Waals surface area contributed by atoms with Gasteiger partial charge in [-0.2, -0.15) is 0 Å². The molecule has 0 atom stereocenters. The Balaban J connectivity index is 1.61. The smallest absolute Gasteiger partial charge is 0.251 e. The highest BCUT2D eigenvalue weighted by molar-refractivity contribution is 7.90. The van der Waals surface area contributed by atoms with Crippen LogP contribution in [0.5, 0.6) is 0 Å². The van der Waals surface area contributed by atoms with Crippen molar-refractivity contribution in [3.05, 3.63) is 41.5 Å². The van der Waals surface area contributed by atoms with Crippen LogP contribution in [0.2, 0.25) is 0 Å². The topological polar surface area (TPSA) is 93.9 Å². The molecule has 0 bridgehead atoms. The number of carbonyl (C=O) groups is 1. The highest BCUT2D eigenvalue weighted by atomic mass is 32.2. The fourth-order valence-corrected chi connectivity index (χ4v) is 3.65. The molecule has 8 heteroatoms. The highest BCUT2D eigenvalue weighted by Gasteiger charge is 2.15. The Bertz CT molecular complexity index is 874. The lowest BCUT2D eigenvalue weighted by atomic mass is 10.2. The Labute approximate surface area is 147 Å². The summed E-state index contributed by atoms with van der Waals surface area (Å²) in [5.74, 6) is 1.63. The Morgan fingerprint density at radius 3 is 2.88 bits per heavy atom. The number of amides is 1. The fourth-order valence-electron chi connectivity index (χ4n) is 2.99. The van der Waals surface area contributed by atoms with Gasteiger partial charge >= 0.3 is 0 Å². The maximum Gasteiger partial charge on any atom is 0.251 e. The van der Waals surface area contributed by atoms with E-state index in [-0.39, 0.29) is 10.8 Å². The average Bonchev–Trinajstić information content (AvgIpc) is 2.81. The van der Waals surface area contributed by atoms with Gasteiger partial charge in [0.2, 0.25) is 0 Å². The zero-order valence-electron chi connectivity index (χ0n) is 14.2. The van der Waals surface area contributed by atoms with Gasteiger partial charge in [0.05, 0.1) is 4.90 Å². The van der Waals surface area contributed by atoms with Crippen LogP contribution in [-0.4, -0.2) is 41.9 Å². The third-order valence-corrected chi connectivity index (χ3v) is 5.45. The summed E-state index contributed by atoms with van der Waals surface area (Å²) in [7, 11) is -3.33. The summed E-state index contributed by atoms with van der Waals surface area (Å²) in [6.07, 6.45) is 6.16. The predicted octanol–water partition coefficient (Wildman–Crippen LogP) is 1.38. The lowest BCUT2D eigenvalue weighted by Gasteiger charge is -2.08. The first-order valence-corrected chi connectivity index (χ1v) is 10.3. The summed E-state index contributed by atoms with van der Waals surface area (Å²) in [6.45, 7) is 1.36. The van der Waals surface area contributed by atoms with Crippen LogP contribution in [0.3, 0.4) is 0 Å². The summed E-state index contributed by atoms with van der Waals surface area (Å²) >= 11 is 0. The van der Waals surface area contributed by atoms with Crippen LogP contribution < -0.4 is 5.32 Å². The molecule has 134 valence electrons. The molecule has 2 heterocycles. The molecule has 0 fully saturated rings. The van der Waals surface area contributed by atoms with Crippen molar-refractivity contribution >= 4 is 15.7 Å². The average molecular weight is 362 g/mol. The summed E-state index contributed by atoms with van der Waals surface area (Å²) < 4.78 is 25.3. The fraction of sp³-hybridized carbons (Fsp3) is 0.471. The molecule has 1 aliphatic rings. The molecule has 1 aromatic heterocycles. The molecule has 0 spiro atoms. The number of nitrogens with zero attached hydrogens (tertiary/aromatic N) is 3. The third-order valence-electron chi connectivity index (χ3n) is 4.34. The minimum atomic E-state index is -3.33. The molecule has 7 nitrogen and oxygen atoms in total. The van der Waals surface area contributed by atoms with Gasteiger partial charge in [0.1, 0.15) is 11.6 Å². The van der Waals surface area contributed by atoms with E-state index in [1.807, 2.05) is 0 Å². The van der Waals surface area contributed by atoms with E-state index in [4.69, 9.17) is 0 Å². The number of benzene rings is 1. The van der Waals surface area contributed by atoms with E-state index in [1.54, 1.807) is 12.1 Å². The highest BCUT2D eigenvalue weighted by Crippen LogP contribution is 2.15. The standard InChI is InChI=1S/C17H22N4O3S/c1-25(23,24)14-7-5-6-13(12-14)17(22)18-10-9-16-20-19-15-8-3-2-4-11-21(15)16/h5-7,12H,2-4,8-11H2,1H3,(H,18,22). The normalized spacial score (nSPS) is 14.6. The van der Waals surface area contributed by atoms with E-state index in [0.29, 0.717) is 18.5 Å². The van der Waals surface area contributed by atoms with Gasteiger partial charge < -0.3 is 9.88 Å². The SMILES string of the molecule is CS(=O)(=O)c1cccc(C(=O)NCCc2nnc3n2CCCCC3)c1. The van der Waals surface area contributed by atoms with Gasteiger partial charge in [-0.3, -0.25) is 4.79 Å². The molecule has 0 saturated carbocycles. The van der Waals surface area contributed by atoms with Gasteiger partial charge in [0, 0.05) is 37.8 Å². The van der Waals surface area contributed by atoms with Gasteiger partial charge in [-0.25, -0.2) is 8.42 Å². The number of rotatable bonds is 5. The van der Waals surface area contributed by atoms with Crippen LogP contribution in [0.4, 0.5) is 0 Å². The Kier molecular flexibility index (Phi) is 5.17. The summed E-state index contributed by atoms with van der Waals surface area (Å²) in [5, 5.41) is 11.3. The third kappa shape index (κ3) is 4.25. The number of hydrogen-bond acceptors (Lipinski definition) is 5. The van der Waals surface area contributed by atoms with Crippen LogP contribution >= 0.6 is 0 Å². The van der Waals surface area contributed by atoms with Crippen LogP contribution in [0.1, 0.15) is 41.3 Å². The maximum absolute atomic E-state index is 12.2. The van der Waals surface area contributed by atoms with Gasteiger partial charge in [0.25, 0.3) is 5.91 Å². The van der Waals surface area contributed by atoms with Crippen molar-refractivity contribution in [1.82, 2.24) is 20.1 Å². The zero-order chi connectivity index (χ0) is 17.9. The number of aromatic nitrogens is 3. The number of hydrogen-bond donors (Lipinski definition) is 1. The van der Waals surface area contributed by atoms with Crippen molar-refractivity contribution in [1.29, 1.82) is 0 Å². The van der Waals surface area contributed by atoms with Gasteiger partial charge in [-0.1, -0.05) is 12.5 Å². The second kappa shape index (κ2) is 7.35. The molecule has 1 amide bonds. The lowest BCUT2D eigenvalue weighted by molar-refractivity contribution is 0.0953. The number of sulfone groups is 1. The maximum atomic E-state index is 12.2. The second-order valence-electron chi connectivity index (χ2n) is 6.30. The van der Waals surface area contributed by atoms with E-state index in [1.165, 1.54) is 18.6 Å². The minimum absolute atomic E-state index is 0.142. The lowest BCUT2D eigenvalue weighted by Crippen LogP contribution is -2.26. The second-order valence-corrected chi connectivity index (χ2v) is 8.32. The zero-order valence-corrected chi connectivity index (χ0v) is 15.1. The monoisotopic (exact) mass is 362 g/mol. The molecule has 0 radical (unpaired) electrons. The Hall–Kier alpha value is -2.22. The summed E-state index contributed by atoms with van der Waals surface area (Å²) in [4.78, 5) is 12.4. The van der Waals surface area contributed by atoms with Crippen LogP contribution in [0.15, 0.2) is 29.2 Å². The van der Waals surface area contributed by atoms with E-state index in [2.05, 4.69) is 20.1 Å². The summed E-state index contributed by atoms with van der Waals surface area (Å²) in [6, 6.07) is 6.06. The van der Waals surface area contributed by atoms with Crippen molar-refractivity contribution in [3.63, 3.8) is 0 Å². The van der Waals surface area contributed by atoms with Gasteiger partial charge in [-0.05, 0) is 31.0 Å². The van der Waals surface area contributed by atoms with Crippen LogP contribution in [-0.2, 0) is 29.2 Å². The minimum Gasteiger partial charge on any atom is -0.352 e. The largest absolute Gasteiger partial charge is 0.352 e. The van der Waals surface area contributed by atoms with E-state index < -0.39 is 9.84 Å². The van der Waals surface area contributed by atoms with Crippen molar-refractivity contribution in [2.75, 3.05) is 12.8 Å². The summed E-state index contributed by atoms with van der Waals surface area (Å²) in [5.41, 5.74) is 0.336. The van der Waals surface area contributed by atoms with Crippen molar-refractivity contribution in [2.24, 2.45) is 0 Å². The molecule has 0 saturated heterocycles. The van der Waals surface area contributed by atoms with Crippen LogP contribution in [0, 0.1) is 0 Å². The van der Waals surface area contributed by atoms with Crippen molar-refractivity contribution in [2.45, 2.75) is 43.5 Å². The number of carbonyl (C=O) groups excluding carboxylic acids is 1. The number of aryl methyl sites for hydroxylation is 1. The molecular weight excluding hydrogens is 340 g/mol. The van der Waals surface area contributed by atoms with Gasteiger partial charge in [0.15, 0.2) is 9.84 Å². The van der Waals surface area contributed by atoms with E-state index >= 15 is 0 Å². The molecule has 1 N–H and O–H groups in total. The van der Waals surface area contributed by atoms with E-state index in [0.717, 1.165) is 43.7 Å². The Morgan fingerprint density at radius 1 is 1.24 bits per heavy atom. The first kappa shape index (κ1) is 17.6. The number of fused-ring (bicyclic) bond motifs is 1. The number of nitrogens with one attached hydrogen (secondary N) is 1. The first-order chi connectivity index (χ1) is 11.9. The Morgan fingerprint density at radius 2 is 2.08 bits per heavy atom. The molecule has 0 unspecified atom stereocenters. The molecule has 3 rings (SSSR count). The predicted molar refractivity (Wildman–Crippen MR) is 93.2 cm³/mol. The first-order valence-electron chi connectivity index (χ1n) is 8.44. The molecule has 1 aliphatic heterocycles. The van der Waals surface area contributed by atoms with E-state index in [9.17, 15) is 13.2 Å². The van der Waals surface area contributed by atoms with Crippen molar-refractivity contribution in [3.8, 4) is 0 Å². The van der Waals surface area contributed by atoms with Crippen LogP contribution in [0.25, 0.3) is 0 Å². The quantitative estimate of drug-likeness (QED) is 0.867. The molecule has 2 aromatic rings. The van der Waals surface area contributed by atoms with Crippen molar-refractivity contribution < 1.29 is 13.2 Å². The molecule has 1 aromatic carbocycles. The van der Waals surface area contributed by atoms with Gasteiger partial charge in [-0.15, -0.1) is 10.2 Å². The molecule has 0 aliphatic carbocycles.